The van der Waals surface area contributed by atoms with E-state index in [0.717, 1.165) is 12.1 Å². The molecule has 3 aromatic rings. The van der Waals surface area contributed by atoms with Crippen molar-refractivity contribution in [3.8, 4) is 5.75 Å². The van der Waals surface area contributed by atoms with Crippen molar-refractivity contribution in [3.63, 3.8) is 0 Å². The lowest BCUT2D eigenvalue weighted by Gasteiger charge is -2.38. The van der Waals surface area contributed by atoms with Gasteiger partial charge in [-0.25, -0.2) is 9.37 Å². The van der Waals surface area contributed by atoms with Gasteiger partial charge in [-0.2, -0.15) is 13.2 Å². The first-order valence-electron chi connectivity index (χ1n) is 10.4. The van der Waals surface area contributed by atoms with Crippen LogP contribution in [0.5, 0.6) is 5.75 Å². The maximum absolute atomic E-state index is 14.1. The van der Waals surface area contributed by atoms with Crippen LogP contribution < -0.4 is 15.4 Å². The van der Waals surface area contributed by atoms with Crippen LogP contribution in [0.3, 0.4) is 0 Å². The molecule has 1 atom stereocenters. The van der Waals surface area contributed by atoms with Gasteiger partial charge in [0.1, 0.15) is 17.4 Å². The molecule has 0 fully saturated rings. The van der Waals surface area contributed by atoms with Crippen LogP contribution in [0.25, 0.3) is 10.9 Å². The van der Waals surface area contributed by atoms with Crippen molar-refractivity contribution >= 4 is 28.8 Å². The minimum atomic E-state index is -5.00. The fraction of sp³-hybridized carbons (Fsp3) is 0.333. The van der Waals surface area contributed by atoms with Gasteiger partial charge in [-0.1, -0.05) is 26.0 Å². The molecule has 34 heavy (non-hydrogen) atoms. The largest absolute Gasteiger partial charge is 0.496 e. The van der Waals surface area contributed by atoms with Gasteiger partial charge in [-0.15, -0.1) is 0 Å². The van der Waals surface area contributed by atoms with Crippen molar-refractivity contribution in [3.05, 3.63) is 59.9 Å². The molecule has 3 N–H and O–H groups in total. The highest BCUT2D eigenvalue weighted by atomic mass is 19.4. The third-order valence-electron chi connectivity index (χ3n) is 5.65. The zero-order valence-electron chi connectivity index (χ0n) is 18.8. The number of ether oxygens (including phenoxy) is 1. The van der Waals surface area contributed by atoms with E-state index in [1.807, 2.05) is 0 Å². The number of nitrogens with zero attached hydrogens (tertiary/aromatic N) is 1. The maximum atomic E-state index is 14.1. The molecule has 0 saturated carbocycles. The Hall–Kier alpha value is -3.40. The number of anilines is 2. The summed E-state index contributed by atoms with van der Waals surface area (Å²) < 4.78 is 61.5. The van der Waals surface area contributed by atoms with Gasteiger partial charge in [0.05, 0.1) is 24.9 Å². The second kappa shape index (κ2) is 9.46. The van der Waals surface area contributed by atoms with E-state index in [0.29, 0.717) is 17.3 Å². The molecule has 1 heterocycles. The van der Waals surface area contributed by atoms with Crippen molar-refractivity contribution in [2.45, 2.75) is 37.5 Å². The number of benzene rings is 2. The highest BCUT2D eigenvalue weighted by molar-refractivity contribution is 5.92. The monoisotopic (exact) mass is 479 g/mol. The van der Waals surface area contributed by atoms with Gasteiger partial charge >= 0.3 is 6.18 Å². The lowest BCUT2D eigenvalue weighted by molar-refractivity contribution is -0.260. The van der Waals surface area contributed by atoms with Crippen LogP contribution in [0.1, 0.15) is 25.8 Å². The van der Waals surface area contributed by atoms with E-state index in [1.54, 1.807) is 24.3 Å². The van der Waals surface area contributed by atoms with Crippen molar-refractivity contribution in [1.82, 2.24) is 4.98 Å². The number of aliphatic hydroxyl groups is 1. The number of hydrogen-bond donors (Lipinski definition) is 3. The molecule has 1 amide bonds. The maximum Gasteiger partial charge on any atom is 0.418 e. The Bertz CT molecular complexity index is 1180. The molecule has 182 valence electrons. The number of rotatable bonds is 9. The van der Waals surface area contributed by atoms with E-state index in [2.05, 4.69) is 15.6 Å². The molecule has 0 aliphatic rings. The number of nitrogens with one attached hydrogen (secondary N) is 2. The second-order valence-corrected chi connectivity index (χ2v) is 8.62. The normalized spacial score (nSPS) is 13.9. The first-order chi connectivity index (χ1) is 15.9. The smallest absolute Gasteiger partial charge is 0.418 e. The van der Waals surface area contributed by atoms with Gasteiger partial charge in [-0.3, -0.25) is 4.79 Å². The van der Waals surface area contributed by atoms with Crippen molar-refractivity contribution < 1.29 is 32.2 Å². The van der Waals surface area contributed by atoms with Gasteiger partial charge in [0.15, 0.2) is 5.60 Å². The first kappa shape index (κ1) is 25.2. The number of alkyl halides is 3. The number of hydrogen-bond acceptors (Lipinski definition) is 5. The number of halogens is 4. The number of amides is 1. The van der Waals surface area contributed by atoms with E-state index in [9.17, 15) is 27.5 Å². The van der Waals surface area contributed by atoms with Gasteiger partial charge in [-0.05, 0) is 48.2 Å². The van der Waals surface area contributed by atoms with Crippen LogP contribution in [0.2, 0.25) is 0 Å². The first-order valence-corrected chi connectivity index (χ1v) is 10.4. The molecule has 6 nitrogen and oxygen atoms in total. The Morgan fingerprint density at radius 1 is 1.12 bits per heavy atom. The Morgan fingerprint density at radius 3 is 2.50 bits per heavy atom. The summed E-state index contributed by atoms with van der Waals surface area (Å²) in [4.78, 5) is 15.0. The molecule has 0 saturated heterocycles. The fourth-order valence-corrected chi connectivity index (χ4v) is 3.97. The topological polar surface area (TPSA) is 83.5 Å². The predicted molar refractivity (Wildman–Crippen MR) is 122 cm³/mol. The highest BCUT2D eigenvalue weighted by Gasteiger charge is 2.56. The number of para-hydroxylation sites is 1. The number of carbonyl (C=O) groups excluding carboxylic acids is 1. The molecule has 0 aliphatic carbocycles. The molecular formula is C24H25F4N3O3. The third kappa shape index (κ3) is 5.22. The molecule has 10 heteroatoms. The summed E-state index contributed by atoms with van der Waals surface area (Å²) in [6.45, 7) is 2.08. The summed E-state index contributed by atoms with van der Waals surface area (Å²) in [5.74, 6) is -0.182. The fourth-order valence-electron chi connectivity index (χ4n) is 3.97. The van der Waals surface area contributed by atoms with E-state index < -0.39 is 36.0 Å². The summed E-state index contributed by atoms with van der Waals surface area (Å²) in [6.07, 6.45) is -5.33. The van der Waals surface area contributed by atoms with Gasteiger partial charge in [0, 0.05) is 10.9 Å². The SMILES string of the molecule is COc1ccc(F)cc1C(C)(C)CC(O)(CNc1cccc2ccc(NC=O)nc12)C(F)(F)F. The lowest BCUT2D eigenvalue weighted by Crippen LogP contribution is -2.53. The van der Waals surface area contributed by atoms with Crippen LogP contribution in [0.4, 0.5) is 29.1 Å². The standard InChI is InChI=1S/C24H25F4N3O3/c1-22(2,17-11-16(25)8-9-19(17)34-3)12-23(33,24(26,27)28)13-29-18-6-4-5-15-7-10-20(30-14-32)31-21(15)18/h4-11,14,29,33H,12-13H2,1-3H3,(H,30,31,32). The Morgan fingerprint density at radius 2 is 1.85 bits per heavy atom. The van der Waals surface area contributed by atoms with E-state index >= 15 is 0 Å². The summed E-state index contributed by atoms with van der Waals surface area (Å²) in [5.41, 5.74) is -3.71. The molecule has 2 aromatic carbocycles. The Labute approximate surface area is 194 Å². The van der Waals surface area contributed by atoms with Crippen molar-refractivity contribution in [2.75, 3.05) is 24.3 Å². The lowest BCUT2D eigenvalue weighted by atomic mass is 9.74. The van der Waals surface area contributed by atoms with Crippen molar-refractivity contribution in [1.29, 1.82) is 0 Å². The molecule has 0 bridgehead atoms. The molecule has 3 rings (SSSR count). The summed E-state index contributed by atoms with van der Waals surface area (Å²) >= 11 is 0. The van der Waals surface area contributed by atoms with E-state index in [-0.39, 0.29) is 22.8 Å². The number of aromatic nitrogens is 1. The summed E-state index contributed by atoms with van der Waals surface area (Å²) in [7, 11) is 1.34. The molecule has 0 spiro atoms. The average molecular weight is 479 g/mol. The van der Waals surface area contributed by atoms with Crippen LogP contribution >= 0.6 is 0 Å². The zero-order chi connectivity index (χ0) is 25.1. The van der Waals surface area contributed by atoms with Crippen LogP contribution in [0, 0.1) is 5.82 Å². The minimum absolute atomic E-state index is 0.203. The van der Waals surface area contributed by atoms with Crippen LogP contribution in [-0.4, -0.2) is 41.9 Å². The second-order valence-electron chi connectivity index (χ2n) is 8.62. The zero-order valence-corrected chi connectivity index (χ0v) is 18.8. The van der Waals surface area contributed by atoms with Crippen molar-refractivity contribution in [2.24, 2.45) is 0 Å². The Balaban J connectivity index is 1.95. The summed E-state index contributed by atoms with van der Waals surface area (Å²) in [6, 6.07) is 11.7. The number of fused-ring (bicyclic) bond motifs is 1. The summed E-state index contributed by atoms with van der Waals surface area (Å²) in [5, 5.41) is 16.5. The molecule has 0 radical (unpaired) electrons. The number of carbonyl (C=O) groups is 1. The number of methoxy groups -OCH3 is 1. The van der Waals surface area contributed by atoms with Gasteiger partial charge in [0.2, 0.25) is 6.41 Å². The van der Waals surface area contributed by atoms with E-state index in [4.69, 9.17) is 4.74 Å². The molecule has 0 aliphatic heterocycles. The van der Waals surface area contributed by atoms with Crippen LogP contribution in [-0.2, 0) is 10.2 Å². The average Bonchev–Trinajstić information content (AvgIpc) is 2.77. The van der Waals surface area contributed by atoms with Crippen LogP contribution in [0.15, 0.2) is 48.5 Å². The number of pyridine rings is 1. The quantitative estimate of drug-likeness (QED) is 0.296. The molecule has 1 aromatic heterocycles. The third-order valence-corrected chi connectivity index (χ3v) is 5.65. The molecule has 1 unspecified atom stereocenters. The predicted octanol–water partition coefficient (Wildman–Crippen LogP) is 5.02. The van der Waals surface area contributed by atoms with Gasteiger partial charge < -0.3 is 20.5 Å². The van der Waals surface area contributed by atoms with E-state index in [1.165, 1.54) is 33.1 Å². The highest BCUT2D eigenvalue weighted by Crippen LogP contribution is 2.44. The minimum Gasteiger partial charge on any atom is -0.496 e. The molecular weight excluding hydrogens is 454 g/mol. The van der Waals surface area contributed by atoms with Gasteiger partial charge in [0.25, 0.3) is 0 Å². The Kier molecular flexibility index (Phi) is 7.02.